The highest BCUT2D eigenvalue weighted by Gasteiger charge is 1.95. The number of aromatic nitrogens is 1. The number of H-pyrrole nitrogens is 1. The van der Waals surface area contributed by atoms with Crippen molar-refractivity contribution in [1.29, 1.82) is 0 Å². The van der Waals surface area contributed by atoms with E-state index in [4.69, 9.17) is 17.3 Å². The minimum atomic E-state index is -0.449. The maximum Gasteiger partial charge on any atom is 0.132 e. The summed E-state index contributed by atoms with van der Waals surface area (Å²) in [5, 5.41) is 0.749. The average molecular weight is 187 g/mol. The lowest BCUT2D eigenvalue weighted by molar-refractivity contribution is 0.760. The van der Waals surface area contributed by atoms with Gasteiger partial charge in [-0.25, -0.2) is 4.39 Å². The number of halogens is 2. The van der Waals surface area contributed by atoms with Crippen molar-refractivity contribution >= 4 is 22.6 Å². The van der Waals surface area contributed by atoms with Crippen LogP contribution in [-0.2, 0) is 0 Å². The SMILES string of the molecule is C=C/C(F)=c1/cc[nH]/c1=C(/N)Cl. The van der Waals surface area contributed by atoms with Crippen LogP contribution in [0.2, 0.25) is 0 Å². The minimum absolute atomic E-state index is 0.0343. The molecule has 0 aromatic carbocycles. The summed E-state index contributed by atoms with van der Waals surface area (Å²) in [5.41, 5.74) is 5.29. The molecule has 0 saturated heterocycles. The Labute approximate surface area is 73.8 Å². The molecule has 0 unspecified atom stereocenters. The summed E-state index contributed by atoms with van der Waals surface area (Å²) < 4.78 is 13.0. The van der Waals surface area contributed by atoms with Crippen LogP contribution in [0.1, 0.15) is 0 Å². The molecule has 0 aliphatic heterocycles. The topological polar surface area (TPSA) is 41.8 Å². The maximum absolute atomic E-state index is 13.0. The maximum atomic E-state index is 13.0. The summed E-state index contributed by atoms with van der Waals surface area (Å²) in [6.45, 7) is 3.30. The molecule has 0 atom stereocenters. The molecular weight excluding hydrogens is 179 g/mol. The highest BCUT2D eigenvalue weighted by molar-refractivity contribution is 6.44. The average Bonchev–Trinajstić information content (AvgIpc) is 2.50. The highest BCUT2D eigenvalue weighted by atomic mass is 35.5. The zero-order chi connectivity index (χ0) is 9.14. The van der Waals surface area contributed by atoms with E-state index in [0.717, 1.165) is 6.08 Å². The molecule has 0 radical (unpaired) electrons. The molecule has 4 heteroatoms. The van der Waals surface area contributed by atoms with Gasteiger partial charge in [-0.3, -0.25) is 0 Å². The van der Waals surface area contributed by atoms with Crippen LogP contribution in [0.15, 0.2) is 24.9 Å². The van der Waals surface area contributed by atoms with E-state index in [2.05, 4.69) is 11.6 Å². The van der Waals surface area contributed by atoms with Crippen LogP contribution < -0.4 is 16.3 Å². The fraction of sp³-hybridized carbons (Fsp3) is 0. The van der Waals surface area contributed by atoms with Crippen LogP contribution >= 0.6 is 11.6 Å². The molecule has 0 aliphatic rings. The fourth-order valence-corrected chi connectivity index (χ4v) is 1.03. The van der Waals surface area contributed by atoms with Gasteiger partial charge < -0.3 is 10.7 Å². The first-order chi connectivity index (χ1) is 5.66. The van der Waals surface area contributed by atoms with E-state index < -0.39 is 5.83 Å². The molecular formula is C8H8ClFN2. The van der Waals surface area contributed by atoms with Gasteiger partial charge >= 0.3 is 0 Å². The van der Waals surface area contributed by atoms with Crippen molar-refractivity contribution in [2.45, 2.75) is 0 Å². The van der Waals surface area contributed by atoms with Gasteiger partial charge in [-0.05, 0) is 12.1 Å². The number of nitrogens with one attached hydrogen (secondary N) is 1. The summed E-state index contributed by atoms with van der Waals surface area (Å²) in [6, 6.07) is 1.54. The van der Waals surface area contributed by atoms with Crippen molar-refractivity contribution < 1.29 is 4.39 Å². The van der Waals surface area contributed by atoms with Gasteiger partial charge in [0, 0.05) is 11.4 Å². The lowest BCUT2D eigenvalue weighted by Crippen LogP contribution is -2.27. The van der Waals surface area contributed by atoms with Gasteiger partial charge in [0.15, 0.2) is 0 Å². The summed E-state index contributed by atoms with van der Waals surface area (Å²) >= 11 is 5.50. The van der Waals surface area contributed by atoms with Gasteiger partial charge in [-0.2, -0.15) is 0 Å². The van der Waals surface area contributed by atoms with Gasteiger partial charge in [-0.15, -0.1) is 0 Å². The van der Waals surface area contributed by atoms with Gasteiger partial charge in [0.1, 0.15) is 11.0 Å². The summed E-state index contributed by atoms with van der Waals surface area (Å²) in [7, 11) is 0. The van der Waals surface area contributed by atoms with Crippen molar-refractivity contribution in [3.05, 3.63) is 35.5 Å². The third-order valence-electron chi connectivity index (χ3n) is 1.42. The molecule has 0 aliphatic carbocycles. The Morgan fingerprint density at radius 2 is 2.42 bits per heavy atom. The quantitative estimate of drug-likeness (QED) is 0.618. The Morgan fingerprint density at radius 3 is 2.92 bits per heavy atom. The van der Waals surface area contributed by atoms with Crippen molar-refractivity contribution in [2.24, 2.45) is 5.73 Å². The van der Waals surface area contributed by atoms with Crippen LogP contribution in [0.3, 0.4) is 0 Å². The first-order valence-corrected chi connectivity index (χ1v) is 3.65. The Kier molecular flexibility index (Phi) is 2.55. The zero-order valence-electron chi connectivity index (χ0n) is 6.27. The number of hydrogen-bond donors (Lipinski definition) is 2. The molecule has 0 saturated carbocycles. The van der Waals surface area contributed by atoms with Crippen molar-refractivity contribution in [1.82, 2.24) is 4.98 Å². The minimum Gasteiger partial charge on any atom is -0.388 e. The van der Waals surface area contributed by atoms with Crippen molar-refractivity contribution in [3.63, 3.8) is 0 Å². The molecule has 1 aromatic heterocycles. The molecule has 0 spiro atoms. The first kappa shape index (κ1) is 8.87. The van der Waals surface area contributed by atoms with E-state index >= 15 is 0 Å². The van der Waals surface area contributed by atoms with Crippen LogP contribution in [0.5, 0.6) is 0 Å². The number of allylic oxidation sites excluding steroid dienone is 1. The predicted molar refractivity (Wildman–Crippen MR) is 48.2 cm³/mol. The number of hydrogen-bond acceptors (Lipinski definition) is 1. The van der Waals surface area contributed by atoms with Crippen LogP contribution in [0, 0.1) is 0 Å². The van der Waals surface area contributed by atoms with E-state index in [1.54, 1.807) is 12.3 Å². The molecule has 3 N–H and O–H groups in total. The molecule has 1 aromatic rings. The van der Waals surface area contributed by atoms with Gasteiger partial charge in [0.25, 0.3) is 0 Å². The smallest absolute Gasteiger partial charge is 0.132 e. The van der Waals surface area contributed by atoms with Crippen molar-refractivity contribution in [3.8, 4) is 0 Å². The van der Waals surface area contributed by atoms with Crippen LogP contribution in [0.25, 0.3) is 11.0 Å². The molecule has 12 heavy (non-hydrogen) atoms. The molecule has 0 fully saturated rings. The van der Waals surface area contributed by atoms with Crippen molar-refractivity contribution in [2.75, 3.05) is 0 Å². The molecule has 1 heterocycles. The monoisotopic (exact) mass is 186 g/mol. The summed E-state index contributed by atoms with van der Waals surface area (Å²) in [5.74, 6) is -0.449. The zero-order valence-corrected chi connectivity index (χ0v) is 7.03. The lowest BCUT2D eigenvalue weighted by atomic mass is 10.3. The Balaban J connectivity index is 3.68. The second-order valence-electron chi connectivity index (χ2n) is 2.17. The largest absolute Gasteiger partial charge is 0.388 e. The van der Waals surface area contributed by atoms with Gasteiger partial charge in [0.2, 0.25) is 0 Å². The lowest BCUT2D eigenvalue weighted by Gasteiger charge is -1.85. The Bertz CT molecular complexity index is 401. The summed E-state index contributed by atoms with van der Waals surface area (Å²) in [6.07, 6.45) is 2.66. The normalized spacial score (nSPS) is 15.5. The highest BCUT2D eigenvalue weighted by Crippen LogP contribution is 1.92. The number of rotatable bonds is 1. The van der Waals surface area contributed by atoms with E-state index in [1.165, 1.54) is 0 Å². The fourth-order valence-electron chi connectivity index (χ4n) is 0.876. The van der Waals surface area contributed by atoms with Crippen LogP contribution in [-0.4, -0.2) is 4.98 Å². The van der Waals surface area contributed by atoms with E-state index in [1.807, 2.05) is 0 Å². The Hall–Kier alpha value is -1.22. The number of aromatic amines is 1. The Morgan fingerprint density at radius 1 is 1.75 bits per heavy atom. The third-order valence-corrected chi connectivity index (χ3v) is 1.61. The molecule has 0 bridgehead atoms. The molecule has 1 rings (SSSR count). The standard InChI is InChI=1S/C8H8ClFN2/c1-2-6(10)5-3-4-12-7(5)8(9)11/h2-4,12H,1,11H2/b6-5+,8-7+. The van der Waals surface area contributed by atoms with Gasteiger partial charge in [0.05, 0.1) is 5.35 Å². The molecule has 64 valence electrons. The van der Waals surface area contributed by atoms with Gasteiger partial charge in [-0.1, -0.05) is 18.2 Å². The first-order valence-electron chi connectivity index (χ1n) is 3.27. The van der Waals surface area contributed by atoms with E-state index in [9.17, 15) is 4.39 Å². The molecule has 2 nitrogen and oxygen atoms in total. The third kappa shape index (κ3) is 1.51. The van der Waals surface area contributed by atoms with Crippen LogP contribution in [0.4, 0.5) is 4.39 Å². The summed E-state index contributed by atoms with van der Waals surface area (Å²) in [4.78, 5) is 2.72. The second kappa shape index (κ2) is 3.45. The number of nitrogens with two attached hydrogens (primary N) is 1. The van der Waals surface area contributed by atoms with E-state index in [0.29, 0.717) is 10.6 Å². The second-order valence-corrected chi connectivity index (χ2v) is 2.57. The predicted octanol–water partition coefficient (Wildman–Crippen LogP) is 0.542. The molecule has 0 amide bonds. The van der Waals surface area contributed by atoms with E-state index in [-0.39, 0.29) is 5.16 Å².